The van der Waals surface area contributed by atoms with Crippen molar-refractivity contribution in [3.63, 3.8) is 0 Å². The highest BCUT2D eigenvalue weighted by molar-refractivity contribution is 5.47. The number of benzene rings is 1. The molecule has 1 rings (SSSR count). The fourth-order valence-corrected chi connectivity index (χ4v) is 2.59. The Hall–Kier alpha value is -0.800. The van der Waals surface area contributed by atoms with E-state index in [9.17, 15) is 0 Å². The Kier molecular flexibility index (Phi) is 14.1. The van der Waals surface area contributed by atoms with Crippen LogP contribution in [0.25, 0.3) is 6.08 Å². The van der Waals surface area contributed by atoms with Crippen LogP contribution >= 0.6 is 0 Å². The molecule has 0 radical (unpaired) electrons. The summed E-state index contributed by atoms with van der Waals surface area (Å²) in [7, 11) is 6.82. The smallest absolute Gasteiger partial charge is 0.0873 e. The van der Waals surface area contributed by atoms with Crippen LogP contribution in [-0.2, 0) is 4.74 Å². The highest BCUT2D eigenvalue weighted by Gasteiger charge is 2.04. The maximum Gasteiger partial charge on any atom is 0.0873 e. The summed E-state index contributed by atoms with van der Waals surface area (Å²) < 4.78 is 6.64. The number of rotatable bonds is 13. The first-order valence-corrected chi connectivity index (χ1v) is 9.21. The van der Waals surface area contributed by atoms with Crippen molar-refractivity contribution in [2.24, 2.45) is 0 Å². The molecule has 0 spiro atoms. The first-order valence-electron chi connectivity index (χ1n) is 9.21. The number of quaternary nitrogens is 1. The van der Waals surface area contributed by atoms with E-state index in [1.165, 1.54) is 63.5 Å². The van der Waals surface area contributed by atoms with Crippen molar-refractivity contribution in [3.05, 3.63) is 42.2 Å². The lowest BCUT2D eigenvalue weighted by molar-refractivity contribution is -0.870. The molecule has 0 fully saturated rings. The van der Waals surface area contributed by atoms with Gasteiger partial charge >= 0.3 is 0 Å². The third-order valence-electron chi connectivity index (χ3n) is 4.00. The minimum Gasteiger partial charge on any atom is -1.00 e. The first-order chi connectivity index (χ1) is 11.1. The SMILES string of the molecule is C[N+](C)(C)CCCCCCCCCCOC=Cc1ccccc1.[Br-]. The Morgan fingerprint density at radius 1 is 0.792 bits per heavy atom. The summed E-state index contributed by atoms with van der Waals surface area (Å²) in [5.41, 5.74) is 1.19. The number of hydrogen-bond donors (Lipinski definition) is 0. The normalized spacial score (nSPS) is 11.5. The zero-order chi connectivity index (χ0) is 16.8. The van der Waals surface area contributed by atoms with Crippen molar-refractivity contribution in [3.8, 4) is 0 Å². The second-order valence-electron chi connectivity index (χ2n) is 7.43. The summed E-state index contributed by atoms with van der Waals surface area (Å²) in [6.45, 7) is 2.14. The number of halogens is 1. The monoisotopic (exact) mass is 397 g/mol. The van der Waals surface area contributed by atoms with E-state index < -0.39 is 0 Å². The quantitative estimate of drug-likeness (QED) is 0.282. The van der Waals surface area contributed by atoms with Crippen molar-refractivity contribution in [2.75, 3.05) is 34.3 Å². The molecule has 0 amide bonds. The van der Waals surface area contributed by atoms with Crippen LogP contribution in [0.5, 0.6) is 0 Å². The number of ether oxygens (including phenoxy) is 1. The molecule has 0 aliphatic carbocycles. The summed E-state index contributed by atoms with van der Waals surface area (Å²) in [4.78, 5) is 0. The molecule has 138 valence electrons. The molecule has 0 heterocycles. The van der Waals surface area contributed by atoms with Gasteiger partial charge in [0.1, 0.15) is 0 Å². The van der Waals surface area contributed by atoms with Gasteiger partial charge in [-0.3, -0.25) is 0 Å². The topological polar surface area (TPSA) is 9.23 Å². The van der Waals surface area contributed by atoms with E-state index in [1.807, 2.05) is 30.5 Å². The molecule has 0 atom stereocenters. The standard InChI is InChI=1S/C21H36NO.BrH/c1-22(2,3)18-13-8-6-4-5-7-9-14-19-23-20-17-21-15-11-10-12-16-21;/h10-12,15-17,20H,4-9,13-14,18-19H2,1-3H3;1H/q+1;/p-1. The maximum atomic E-state index is 5.55. The lowest BCUT2D eigenvalue weighted by Gasteiger charge is -2.23. The molecule has 1 aromatic carbocycles. The Morgan fingerprint density at radius 3 is 1.92 bits per heavy atom. The van der Waals surface area contributed by atoms with Gasteiger partial charge in [0.25, 0.3) is 0 Å². The fourth-order valence-electron chi connectivity index (χ4n) is 2.59. The molecule has 0 saturated carbocycles. The van der Waals surface area contributed by atoms with Crippen LogP contribution < -0.4 is 17.0 Å². The van der Waals surface area contributed by atoms with Crippen molar-refractivity contribution in [2.45, 2.75) is 51.4 Å². The maximum absolute atomic E-state index is 5.55. The molecule has 0 aliphatic rings. The molecular weight excluding hydrogens is 362 g/mol. The third kappa shape index (κ3) is 14.8. The summed E-state index contributed by atoms with van der Waals surface area (Å²) in [6.07, 6.45) is 14.6. The van der Waals surface area contributed by atoms with Crippen LogP contribution in [0.15, 0.2) is 36.6 Å². The van der Waals surface area contributed by atoms with Crippen LogP contribution in [0.2, 0.25) is 0 Å². The van der Waals surface area contributed by atoms with Crippen molar-refractivity contribution in [1.82, 2.24) is 0 Å². The summed E-state index contributed by atoms with van der Waals surface area (Å²) in [5.74, 6) is 0. The van der Waals surface area contributed by atoms with Crippen molar-refractivity contribution >= 4 is 6.08 Å². The Balaban J connectivity index is 0.00000529. The van der Waals surface area contributed by atoms with Crippen molar-refractivity contribution in [1.29, 1.82) is 0 Å². The Bertz CT molecular complexity index is 412. The van der Waals surface area contributed by atoms with Gasteiger partial charge in [-0.05, 0) is 30.9 Å². The van der Waals surface area contributed by atoms with E-state index in [4.69, 9.17) is 4.74 Å². The van der Waals surface area contributed by atoms with Crippen LogP contribution in [0.3, 0.4) is 0 Å². The summed E-state index contributed by atoms with van der Waals surface area (Å²) >= 11 is 0. The highest BCUT2D eigenvalue weighted by Crippen LogP contribution is 2.10. The molecule has 24 heavy (non-hydrogen) atoms. The van der Waals surface area contributed by atoms with E-state index >= 15 is 0 Å². The molecule has 2 nitrogen and oxygen atoms in total. The minimum atomic E-state index is 0. The number of unbranched alkanes of at least 4 members (excludes halogenated alkanes) is 7. The molecule has 0 aliphatic heterocycles. The van der Waals surface area contributed by atoms with E-state index in [0.29, 0.717) is 0 Å². The molecule has 1 aromatic rings. The largest absolute Gasteiger partial charge is 1.00 e. The van der Waals surface area contributed by atoms with Gasteiger partial charge in [-0.2, -0.15) is 0 Å². The van der Waals surface area contributed by atoms with Crippen molar-refractivity contribution < 1.29 is 26.2 Å². The van der Waals surface area contributed by atoms with E-state index in [0.717, 1.165) is 11.1 Å². The molecule has 0 saturated heterocycles. The third-order valence-corrected chi connectivity index (χ3v) is 4.00. The lowest BCUT2D eigenvalue weighted by Crippen LogP contribution is -3.00. The average Bonchev–Trinajstić information content (AvgIpc) is 2.52. The summed E-state index contributed by atoms with van der Waals surface area (Å²) in [6, 6.07) is 10.3. The van der Waals surface area contributed by atoms with Crippen LogP contribution in [0.4, 0.5) is 0 Å². The van der Waals surface area contributed by atoms with E-state index in [-0.39, 0.29) is 17.0 Å². The van der Waals surface area contributed by atoms with Gasteiger partial charge in [0.2, 0.25) is 0 Å². The zero-order valence-electron chi connectivity index (χ0n) is 15.8. The first kappa shape index (κ1) is 23.2. The van der Waals surface area contributed by atoms with Gasteiger partial charge in [0.15, 0.2) is 0 Å². The average molecular weight is 398 g/mol. The molecule has 3 heteroatoms. The van der Waals surface area contributed by atoms with Crippen LogP contribution in [-0.4, -0.2) is 38.8 Å². The van der Waals surface area contributed by atoms with Gasteiger partial charge in [-0.25, -0.2) is 0 Å². The highest BCUT2D eigenvalue weighted by atomic mass is 79.9. The summed E-state index contributed by atoms with van der Waals surface area (Å²) in [5, 5.41) is 0. The second kappa shape index (κ2) is 14.5. The molecular formula is C21H36BrNO. The Morgan fingerprint density at radius 2 is 1.33 bits per heavy atom. The van der Waals surface area contributed by atoms with E-state index in [2.05, 4.69) is 33.3 Å². The van der Waals surface area contributed by atoms with Crippen LogP contribution in [0, 0.1) is 0 Å². The van der Waals surface area contributed by atoms with Gasteiger partial charge in [0, 0.05) is 0 Å². The molecule has 0 bridgehead atoms. The number of nitrogens with zero attached hydrogens (tertiary/aromatic N) is 1. The number of hydrogen-bond acceptors (Lipinski definition) is 1. The molecule has 0 N–H and O–H groups in total. The second-order valence-corrected chi connectivity index (χ2v) is 7.43. The predicted octanol–water partition coefficient (Wildman–Crippen LogP) is 2.50. The Labute approximate surface area is 160 Å². The lowest BCUT2D eigenvalue weighted by atomic mass is 10.1. The zero-order valence-corrected chi connectivity index (χ0v) is 17.4. The molecule has 0 unspecified atom stereocenters. The van der Waals surface area contributed by atoms with Gasteiger partial charge < -0.3 is 26.2 Å². The molecule has 0 aromatic heterocycles. The minimum absolute atomic E-state index is 0. The predicted molar refractivity (Wildman–Crippen MR) is 101 cm³/mol. The van der Waals surface area contributed by atoms with Gasteiger partial charge in [-0.1, -0.05) is 62.4 Å². The fraction of sp³-hybridized carbons (Fsp3) is 0.619. The van der Waals surface area contributed by atoms with Crippen LogP contribution in [0.1, 0.15) is 56.9 Å². The van der Waals surface area contributed by atoms with E-state index in [1.54, 1.807) is 0 Å². The van der Waals surface area contributed by atoms with Gasteiger partial charge in [-0.15, -0.1) is 0 Å². The van der Waals surface area contributed by atoms with Gasteiger partial charge in [0.05, 0.1) is 40.6 Å².